The minimum absolute atomic E-state index is 0.110. The number of amides is 1. The molecule has 0 bridgehead atoms. The number of nitrogens with zero attached hydrogens (tertiary/aromatic N) is 1. The molecule has 20 heavy (non-hydrogen) atoms. The SMILES string of the molecule is CC(C)CCOCCOC(=O)c1ccc(C(N)=O)nc1. The van der Waals surface area contributed by atoms with Gasteiger partial charge in [0.25, 0.3) is 5.91 Å². The summed E-state index contributed by atoms with van der Waals surface area (Å²) in [5.74, 6) is -0.545. The first kappa shape index (κ1) is 16.1. The standard InChI is InChI=1S/C14H20N2O4/c1-10(2)5-6-19-7-8-20-14(18)11-3-4-12(13(15)17)16-9-11/h3-4,9-10H,5-8H2,1-2H3,(H2,15,17). The van der Waals surface area contributed by atoms with Crippen molar-refractivity contribution in [1.82, 2.24) is 4.98 Å². The number of aromatic nitrogens is 1. The lowest BCUT2D eigenvalue weighted by Gasteiger charge is -2.07. The van der Waals surface area contributed by atoms with Crippen LogP contribution in [0.4, 0.5) is 0 Å². The fourth-order valence-corrected chi connectivity index (χ4v) is 1.36. The molecular formula is C14H20N2O4. The Balaban J connectivity index is 2.27. The number of hydrogen-bond acceptors (Lipinski definition) is 5. The largest absolute Gasteiger partial charge is 0.460 e. The predicted octanol–water partition coefficient (Wildman–Crippen LogP) is 1.40. The quantitative estimate of drug-likeness (QED) is 0.574. The number of nitrogens with two attached hydrogens (primary N) is 1. The number of esters is 1. The molecule has 0 saturated carbocycles. The number of rotatable bonds is 8. The van der Waals surface area contributed by atoms with Gasteiger partial charge in [-0.3, -0.25) is 9.78 Å². The van der Waals surface area contributed by atoms with Crippen LogP contribution in [0.3, 0.4) is 0 Å². The zero-order valence-electron chi connectivity index (χ0n) is 11.8. The third-order valence-electron chi connectivity index (χ3n) is 2.55. The molecule has 1 aromatic rings. The van der Waals surface area contributed by atoms with E-state index in [1.54, 1.807) is 0 Å². The van der Waals surface area contributed by atoms with Crippen molar-refractivity contribution in [3.63, 3.8) is 0 Å². The summed E-state index contributed by atoms with van der Waals surface area (Å²) in [5, 5.41) is 0. The van der Waals surface area contributed by atoms with Crippen LogP contribution >= 0.6 is 0 Å². The van der Waals surface area contributed by atoms with Crippen LogP contribution in [0.1, 0.15) is 41.1 Å². The van der Waals surface area contributed by atoms with E-state index in [0.29, 0.717) is 19.1 Å². The molecule has 2 N–H and O–H groups in total. The topological polar surface area (TPSA) is 91.5 Å². The molecule has 6 heteroatoms. The van der Waals surface area contributed by atoms with E-state index in [1.165, 1.54) is 18.3 Å². The average molecular weight is 280 g/mol. The summed E-state index contributed by atoms with van der Waals surface area (Å²) in [6.07, 6.45) is 2.24. The lowest BCUT2D eigenvalue weighted by atomic mass is 10.1. The number of hydrogen-bond donors (Lipinski definition) is 1. The Morgan fingerprint density at radius 1 is 1.25 bits per heavy atom. The van der Waals surface area contributed by atoms with Crippen molar-refractivity contribution in [3.8, 4) is 0 Å². The Morgan fingerprint density at radius 3 is 2.55 bits per heavy atom. The molecule has 1 aromatic heterocycles. The maximum Gasteiger partial charge on any atom is 0.339 e. The van der Waals surface area contributed by atoms with Gasteiger partial charge in [-0.05, 0) is 24.5 Å². The molecule has 0 aliphatic rings. The first-order valence-corrected chi connectivity index (χ1v) is 6.51. The number of carbonyl (C=O) groups is 2. The van der Waals surface area contributed by atoms with Crippen LogP contribution in [0, 0.1) is 5.92 Å². The van der Waals surface area contributed by atoms with Gasteiger partial charge in [-0.25, -0.2) is 4.79 Å². The lowest BCUT2D eigenvalue weighted by Crippen LogP contribution is -2.15. The van der Waals surface area contributed by atoms with Crippen LogP contribution in [0.5, 0.6) is 0 Å². The summed E-state index contributed by atoms with van der Waals surface area (Å²) in [7, 11) is 0. The molecule has 0 unspecified atom stereocenters. The molecule has 1 heterocycles. The molecule has 0 atom stereocenters. The minimum atomic E-state index is -0.636. The number of pyridine rings is 1. The van der Waals surface area contributed by atoms with Gasteiger partial charge >= 0.3 is 5.97 Å². The first-order chi connectivity index (χ1) is 9.50. The highest BCUT2D eigenvalue weighted by molar-refractivity contribution is 5.93. The maximum absolute atomic E-state index is 11.6. The van der Waals surface area contributed by atoms with Crippen LogP contribution in [0.25, 0.3) is 0 Å². The van der Waals surface area contributed by atoms with E-state index in [-0.39, 0.29) is 17.9 Å². The van der Waals surface area contributed by atoms with Crippen molar-refractivity contribution < 1.29 is 19.1 Å². The van der Waals surface area contributed by atoms with E-state index in [0.717, 1.165) is 6.42 Å². The van der Waals surface area contributed by atoms with E-state index < -0.39 is 11.9 Å². The van der Waals surface area contributed by atoms with Crippen LogP contribution in [-0.2, 0) is 9.47 Å². The van der Waals surface area contributed by atoms with Gasteiger partial charge in [0.15, 0.2) is 0 Å². The molecule has 110 valence electrons. The highest BCUT2D eigenvalue weighted by atomic mass is 16.6. The fourth-order valence-electron chi connectivity index (χ4n) is 1.36. The summed E-state index contributed by atoms with van der Waals surface area (Å²) in [6.45, 7) is 5.45. The van der Waals surface area contributed by atoms with Gasteiger partial charge in [-0.2, -0.15) is 0 Å². The minimum Gasteiger partial charge on any atom is -0.460 e. The second kappa shape index (κ2) is 8.27. The molecule has 0 saturated heterocycles. The van der Waals surface area contributed by atoms with Gasteiger partial charge in [0.2, 0.25) is 0 Å². The smallest absolute Gasteiger partial charge is 0.339 e. The van der Waals surface area contributed by atoms with Gasteiger partial charge in [-0.15, -0.1) is 0 Å². The molecule has 0 spiro atoms. The molecule has 0 aromatic carbocycles. The molecule has 1 rings (SSSR count). The Hall–Kier alpha value is -1.95. The normalized spacial score (nSPS) is 10.6. The lowest BCUT2D eigenvalue weighted by molar-refractivity contribution is 0.0302. The van der Waals surface area contributed by atoms with E-state index in [1.807, 2.05) is 0 Å². The van der Waals surface area contributed by atoms with Crippen molar-refractivity contribution in [2.75, 3.05) is 19.8 Å². The van der Waals surface area contributed by atoms with E-state index in [2.05, 4.69) is 18.8 Å². The molecule has 1 amide bonds. The number of carbonyl (C=O) groups excluding carboxylic acids is 2. The zero-order valence-corrected chi connectivity index (χ0v) is 11.8. The van der Waals surface area contributed by atoms with Crippen LogP contribution < -0.4 is 5.73 Å². The molecular weight excluding hydrogens is 260 g/mol. The van der Waals surface area contributed by atoms with Crippen molar-refractivity contribution in [1.29, 1.82) is 0 Å². The van der Waals surface area contributed by atoms with Crippen LogP contribution in [0.2, 0.25) is 0 Å². The Labute approximate surface area is 118 Å². The average Bonchev–Trinajstić information content (AvgIpc) is 2.42. The zero-order chi connectivity index (χ0) is 15.0. The molecule has 0 aliphatic heterocycles. The highest BCUT2D eigenvalue weighted by Crippen LogP contribution is 2.03. The van der Waals surface area contributed by atoms with Gasteiger partial charge in [0.05, 0.1) is 12.2 Å². The summed E-state index contributed by atoms with van der Waals surface area (Å²) < 4.78 is 10.3. The van der Waals surface area contributed by atoms with Crippen LogP contribution in [0.15, 0.2) is 18.3 Å². The van der Waals surface area contributed by atoms with E-state index in [4.69, 9.17) is 15.2 Å². The Bertz CT molecular complexity index is 443. The number of ether oxygens (including phenoxy) is 2. The van der Waals surface area contributed by atoms with Crippen molar-refractivity contribution >= 4 is 11.9 Å². The Morgan fingerprint density at radius 2 is 2.00 bits per heavy atom. The second-order valence-corrected chi connectivity index (χ2v) is 4.73. The number of primary amides is 1. The van der Waals surface area contributed by atoms with Gasteiger partial charge < -0.3 is 15.2 Å². The van der Waals surface area contributed by atoms with E-state index in [9.17, 15) is 9.59 Å². The van der Waals surface area contributed by atoms with Gasteiger partial charge in [0, 0.05) is 12.8 Å². The van der Waals surface area contributed by atoms with Crippen molar-refractivity contribution in [3.05, 3.63) is 29.6 Å². The summed E-state index contributed by atoms with van der Waals surface area (Å²) in [4.78, 5) is 26.2. The monoisotopic (exact) mass is 280 g/mol. The van der Waals surface area contributed by atoms with Gasteiger partial charge in [0.1, 0.15) is 12.3 Å². The van der Waals surface area contributed by atoms with Crippen molar-refractivity contribution in [2.45, 2.75) is 20.3 Å². The van der Waals surface area contributed by atoms with E-state index >= 15 is 0 Å². The third kappa shape index (κ3) is 5.79. The highest BCUT2D eigenvalue weighted by Gasteiger charge is 2.09. The molecule has 0 fully saturated rings. The molecule has 6 nitrogen and oxygen atoms in total. The summed E-state index contributed by atoms with van der Waals surface area (Å²) >= 11 is 0. The summed E-state index contributed by atoms with van der Waals surface area (Å²) in [5.41, 5.74) is 5.44. The Kier molecular flexibility index (Phi) is 6.66. The second-order valence-electron chi connectivity index (χ2n) is 4.73. The maximum atomic E-state index is 11.6. The summed E-state index contributed by atoms with van der Waals surface area (Å²) in [6, 6.07) is 2.84. The van der Waals surface area contributed by atoms with Crippen molar-refractivity contribution in [2.24, 2.45) is 11.7 Å². The molecule has 0 aliphatic carbocycles. The fraction of sp³-hybridized carbons (Fsp3) is 0.500. The predicted molar refractivity (Wildman–Crippen MR) is 73.3 cm³/mol. The third-order valence-corrected chi connectivity index (χ3v) is 2.55. The van der Waals surface area contributed by atoms with Crippen LogP contribution in [-0.4, -0.2) is 36.7 Å². The molecule has 0 radical (unpaired) electrons. The first-order valence-electron chi connectivity index (χ1n) is 6.51. The van der Waals surface area contributed by atoms with Gasteiger partial charge in [-0.1, -0.05) is 13.8 Å².